The zero-order valence-corrected chi connectivity index (χ0v) is 15.9. The molecule has 4 rings (SSSR count). The molecule has 1 aromatic carbocycles. The number of carbonyl (C=O) groups excluding carboxylic acids is 2. The zero-order chi connectivity index (χ0) is 18.8. The Hall–Kier alpha value is -2.21. The summed E-state index contributed by atoms with van der Waals surface area (Å²) < 4.78 is 11.3. The Kier molecular flexibility index (Phi) is 5.25. The van der Waals surface area contributed by atoms with Crippen molar-refractivity contribution in [2.24, 2.45) is 5.92 Å². The normalized spacial score (nSPS) is 19.9. The SMILES string of the molecule is O=C(/C=C/c1cc(Cl)c2c(c1)OCCCO2)N1CCN(C(=O)C2CC2)CC1. The summed E-state index contributed by atoms with van der Waals surface area (Å²) >= 11 is 6.29. The highest BCUT2D eigenvalue weighted by Crippen LogP contribution is 2.38. The van der Waals surface area contributed by atoms with E-state index in [1.165, 1.54) is 0 Å². The molecular weight excluding hydrogens is 368 g/mol. The van der Waals surface area contributed by atoms with Gasteiger partial charge in [-0.3, -0.25) is 9.59 Å². The van der Waals surface area contributed by atoms with E-state index in [2.05, 4.69) is 0 Å². The van der Waals surface area contributed by atoms with Crippen LogP contribution in [0.25, 0.3) is 6.08 Å². The molecule has 6 nitrogen and oxygen atoms in total. The molecule has 0 unspecified atom stereocenters. The maximum absolute atomic E-state index is 12.5. The van der Waals surface area contributed by atoms with Crippen LogP contribution in [0, 0.1) is 5.92 Å². The minimum absolute atomic E-state index is 0.0586. The summed E-state index contributed by atoms with van der Waals surface area (Å²) in [6.07, 6.45) is 6.12. The highest BCUT2D eigenvalue weighted by molar-refractivity contribution is 6.32. The van der Waals surface area contributed by atoms with E-state index in [9.17, 15) is 9.59 Å². The average Bonchev–Trinajstić information content (AvgIpc) is 3.52. The standard InChI is InChI=1S/C20H23ClN2O4/c21-16-12-14(13-17-19(16)27-11-1-10-26-17)2-5-18(24)22-6-8-23(9-7-22)20(25)15-3-4-15/h2,5,12-13,15H,1,3-4,6-11H2/b5-2+. The van der Waals surface area contributed by atoms with Crippen molar-refractivity contribution in [3.63, 3.8) is 0 Å². The van der Waals surface area contributed by atoms with Crippen LogP contribution in [0.2, 0.25) is 5.02 Å². The minimum Gasteiger partial charge on any atom is -0.489 e. The molecule has 0 atom stereocenters. The number of ether oxygens (including phenoxy) is 2. The quantitative estimate of drug-likeness (QED) is 0.744. The highest BCUT2D eigenvalue weighted by atomic mass is 35.5. The lowest BCUT2D eigenvalue weighted by Gasteiger charge is -2.34. The van der Waals surface area contributed by atoms with Crippen molar-refractivity contribution in [2.45, 2.75) is 19.3 Å². The minimum atomic E-state index is -0.0586. The van der Waals surface area contributed by atoms with Gasteiger partial charge in [0.2, 0.25) is 11.8 Å². The van der Waals surface area contributed by atoms with E-state index < -0.39 is 0 Å². The smallest absolute Gasteiger partial charge is 0.246 e. The summed E-state index contributed by atoms with van der Waals surface area (Å²) in [6.45, 7) is 3.54. The molecule has 2 amide bonds. The fraction of sp³-hybridized carbons (Fsp3) is 0.500. The second-order valence-corrected chi connectivity index (χ2v) is 7.55. The Morgan fingerprint density at radius 3 is 2.48 bits per heavy atom. The summed E-state index contributed by atoms with van der Waals surface area (Å²) in [4.78, 5) is 28.2. The third-order valence-electron chi connectivity index (χ3n) is 5.07. The number of hydrogen-bond donors (Lipinski definition) is 0. The Morgan fingerprint density at radius 2 is 1.74 bits per heavy atom. The number of hydrogen-bond acceptors (Lipinski definition) is 4. The molecule has 0 bridgehead atoms. The lowest BCUT2D eigenvalue weighted by molar-refractivity contribution is -0.138. The Morgan fingerprint density at radius 1 is 1.04 bits per heavy atom. The number of benzene rings is 1. The Balaban J connectivity index is 1.37. The van der Waals surface area contributed by atoms with Gasteiger partial charge in [0.05, 0.1) is 18.2 Å². The first-order valence-corrected chi connectivity index (χ1v) is 9.84. The molecular formula is C20H23ClN2O4. The van der Waals surface area contributed by atoms with Crippen LogP contribution in [-0.4, -0.2) is 61.0 Å². The second kappa shape index (κ2) is 7.80. The van der Waals surface area contributed by atoms with Crippen LogP contribution in [0.3, 0.4) is 0 Å². The van der Waals surface area contributed by atoms with Crippen LogP contribution >= 0.6 is 11.6 Å². The Bertz CT molecular complexity index is 767. The molecule has 1 saturated heterocycles. The third-order valence-corrected chi connectivity index (χ3v) is 5.35. The number of carbonyl (C=O) groups is 2. The first kappa shape index (κ1) is 18.2. The van der Waals surface area contributed by atoms with Gasteiger partial charge in [-0.15, -0.1) is 0 Å². The maximum Gasteiger partial charge on any atom is 0.246 e. The summed E-state index contributed by atoms with van der Waals surface area (Å²) in [5.41, 5.74) is 0.792. The van der Waals surface area contributed by atoms with Gasteiger partial charge in [-0.2, -0.15) is 0 Å². The molecule has 2 heterocycles. The number of piperazine rings is 1. The van der Waals surface area contributed by atoms with Crippen molar-refractivity contribution in [1.82, 2.24) is 9.80 Å². The van der Waals surface area contributed by atoms with Gasteiger partial charge in [-0.25, -0.2) is 0 Å². The lowest BCUT2D eigenvalue weighted by atomic mass is 10.1. The molecule has 0 aromatic heterocycles. The van der Waals surface area contributed by atoms with Gasteiger partial charge in [-0.05, 0) is 36.6 Å². The van der Waals surface area contributed by atoms with E-state index >= 15 is 0 Å². The Labute approximate surface area is 163 Å². The topological polar surface area (TPSA) is 59.1 Å². The molecule has 2 fully saturated rings. The fourth-order valence-corrected chi connectivity index (χ4v) is 3.63. The maximum atomic E-state index is 12.5. The fourth-order valence-electron chi connectivity index (χ4n) is 3.36. The van der Waals surface area contributed by atoms with E-state index in [4.69, 9.17) is 21.1 Å². The monoisotopic (exact) mass is 390 g/mol. The lowest BCUT2D eigenvalue weighted by Crippen LogP contribution is -2.50. The van der Waals surface area contributed by atoms with E-state index in [0.29, 0.717) is 55.9 Å². The molecule has 3 aliphatic rings. The van der Waals surface area contributed by atoms with Crippen LogP contribution in [0.4, 0.5) is 0 Å². The predicted octanol–water partition coefficient (Wildman–Crippen LogP) is 2.60. The average molecular weight is 391 g/mol. The van der Waals surface area contributed by atoms with E-state index in [1.54, 1.807) is 23.1 Å². The van der Waals surface area contributed by atoms with E-state index in [1.807, 2.05) is 11.0 Å². The van der Waals surface area contributed by atoms with Gasteiger partial charge >= 0.3 is 0 Å². The van der Waals surface area contributed by atoms with Gasteiger partial charge in [0, 0.05) is 44.6 Å². The van der Waals surface area contributed by atoms with Crippen LogP contribution in [0.15, 0.2) is 18.2 Å². The van der Waals surface area contributed by atoms with Crippen LogP contribution in [0.5, 0.6) is 11.5 Å². The van der Waals surface area contributed by atoms with Gasteiger partial charge in [-0.1, -0.05) is 11.6 Å². The van der Waals surface area contributed by atoms with Crippen LogP contribution < -0.4 is 9.47 Å². The van der Waals surface area contributed by atoms with E-state index in [-0.39, 0.29) is 17.7 Å². The zero-order valence-electron chi connectivity index (χ0n) is 15.2. The summed E-state index contributed by atoms with van der Waals surface area (Å²) in [7, 11) is 0. The first-order chi connectivity index (χ1) is 13.1. The van der Waals surface area contributed by atoms with Gasteiger partial charge in [0.15, 0.2) is 11.5 Å². The molecule has 27 heavy (non-hydrogen) atoms. The number of nitrogens with zero attached hydrogens (tertiary/aromatic N) is 2. The third kappa shape index (κ3) is 4.21. The molecule has 7 heteroatoms. The molecule has 1 saturated carbocycles. The van der Waals surface area contributed by atoms with Crippen molar-refractivity contribution < 1.29 is 19.1 Å². The number of rotatable bonds is 3. The molecule has 1 aromatic rings. The van der Waals surface area contributed by atoms with Gasteiger partial charge in [0.1, 0.15) is 0 Å². The van der Waals surface area contributed by atoms with Crippen molar-refractivity contribution in [2.75, 3.05) is 39.4 Å². The molecule has 1 aliphatic carbocycles. The van der Waals surface area contributed by atoms with Crippen LogP contribution in [0.1, 0.15) is 24.8 Å². The summed E-state index contributed by atoms with van der Waals surface area (Å²) in [5, 5.41) is 0.480. The molecule has 0 N–H and O–H groups in total. The van der Waals surface area contributed by atoms with Crippen LogP contribution in [-0.2, 0) is 9.59 Å². The van der Waals surface area contributed by atoms with Gasteiger partial charge in [0.25, 0.3) is 0 Å². The molecule has 144 valence electrons. The van der Waals surface area contributed by atoms with Crippen molar-refractivity contribution in [3.8, 4) is 11.5 Å². The van der Waals surface area contributed by atoms with Crippen molar-refractivity contribution in [1.29, 1.82) is 0 Å². The number of amides is 2. The summed E-state index contributed by atoms with van der Waals surface area (Å²) in [5.74, 6) is 1.60. The highest BCUT2D eigenvalue weighted by Gasteiger charge is 2.34. The first-order valence-electron chi connectivity index (χ1n) is 9.47. The molecule has 0 radical (unpaired) electrons. The number of fused-ring (bicyclic) bond motifs is 1. The van der Waals surface area contributed by atoms with Crippen molar-refractivity contribution in [3.05, 3.63) is 28.8 Å². The van der Waals surface area contributed by atoms with E-state index in [0.717, 1.165) is 24.8 Å². The molecule has 2 aliphatic heterocycles. The summed E-state index contributed by atoms with van der Waals surface area (Å²) in [6, 6.07) is 3.60. The van der Waals surface area contributed by atoms with Gasteiger partial charge < -0.3 is 19.3 Å². The second-order valence-electron chi connectivity index (χ2n) is 7.14. The number of halogens is 1. The predicted molar refractivity (Wildman–Crippen MR) is 102 cm³/mol. The molecule has 0 spiro atoms. The largest absolute Gasteiger partial charge is 0.489 e. The van der Waals surface area contributed by atoms with Crippen molar-refractivity contribution >= 4 is 29.5 Å².